The van der Waals surface area contributed by atoms with Crippen LogP contribution in [0.1, 0.15) is 23.2 Å². The van der Waals surface area contributed by atoms with Gasteiger partial charge in [0.05, 0.1) is 17.6 Å². The second kappa shape index (κ2) is 6.67. The van der Waals surface area contributed by atoms with Crippen LogP contribution in [0.25, 0.3) is 11.8 Å². The molecule has 2 aromatic carbocycles. The molecular weight excluding hydrogens is 356 g/mol. The average molecular weight is 377 g/mol. The lowest BCUT2D eigenvalue weighted by atomic mass is 9.66. The molecule has 1 N–H and O–H groups in total. The van der Waals surface area contributed by atoms with Crippen molar-refractivity contribution in [3.8, 4) is 5.69 Å². The van der Waals surface area contributed by atoms with Gasteiger partial charge in [0.25, 0.3) is 0 Å². The molecule has 1 fully saturated rings. The summed E-state index contributed by atoms with van der Waals surface area (Å²) >= 11 is 0. The third kappa shape index (κ3) is 2.96. The molecule has 3 nitrogen and oxygen atoms in total. The zero-order valence-corrected chi connectivity index (χ0v) is 15.5. The molecule has 5 heteroatoms. The molecule has 0 radical (unpaired) electrons. The fourth-order valence-corrected chi connectivity index (χ4v) is 4.56. The lowest BCUT2D eigenvalue weighted by Gasteiger charge is -2.43. The van der Waals surface area contributed by atoms with E-state index in [9.17, 15) is 8.78 Å². The van der Waals surface area contributed by atoms with Crippen molar-refractivity contribution in [2.45, 2.75) is 19.3 Å². The molecule has 1 unspecified atom stereocenters. The number of aromatic nitrogens is 2. The number of nitrogens with one attached hydrogen (secondary N) is 1. The van der Waals surface area contributed by atoms with E-state index in [1.54, 1.807) is 12.1 Å². The number of nitrogens with zero attached hydrogens (tertiary/aromatic N) is 2. The van der Waals surface area contributed by atoms with E-state index < -0.39 is 0 Å². The van der Waals surface area contributed by atoms with Gasteiger partial charge in [-0.15, -0.1) is 0 Å². The van der Waals surface area contributed by atoms with E-state index in [4.69, 9.17) is 0 Å². The molecule has 1 atom stereocenters. The first-order chi connectivity index (χ1) is 13.6. The van der Waals surface area contributed by atoms with E-state index in [1.807, 2.05) is 23.0 Å². The lowest BCUT2D eigenvalue weighted by molar-refractivity contribution is 0.286. The fraction of sp³-hybridized carbons (Fsp3) is 0.261. The van der Waals surface area contributed by atoms with Crippen LogP contribution in [0.5, 0.6) is 0 Å². The Labute approximate surface area is 162 Å². The van der Waals surface area contributed by atoms with Gasteiger partial charge in [0.1, 0.15) is 11.6 Å². The molecule has 1 aliphatic heterocycles. The van der Waals surface area contributed by atoms with Crippen LogP contribution in [0.3, 0.4) is 0 Å². The Kier molecular flexibility index (Phi) is 4.13. The average Bonchev–Trinajstić information content (AvgIpc) is 3.10. The first-order valence-corrected chi connectivity index (χ1v) is 9.62. The first kappa shape index (κ1) is 17.3. The molecule has 1 aliphatic carbocycles. The van der Waals surface area contributed by atoms with Crippen LogP contribution in [0, 0.1) is 17.0 Å². The fourth-order valence-electron chi connectivity index (χ4n) is 4.56. The SMILES string of the molecule is Fc1ccc(CC23CNCCC2=Cc2c(cnn2-c2ccc(F)cc2)C3)cc1. The van der Waals surface area contributed by atoms with Crippen LogP contribution >= 0.6 is 0 Å². The Morgan fingerprint density at radius 2 is 1.71 bits per heavy atom. The van der Waals surface area contributed by atoms with Gasteiger partial charge in [0, 0.05) is 12.0 Å². The molecule has 1 aromatic heterocycles. The molecule has 0 amide bonds. The van der Waals surface area contributed by atoms with Crippen molar-refractivity contribution >= 4 is 6.08 Å². The predicted molar refractivity (Wildman–Crippen MR) is 105 cm³/mol. The van der Waals surface area contributed by atoms with Gasteiger partial charge in [0.2, 0.25) is 0 Å². The van der Waals surface area contributed by atoms with Crippen molar-refractivity contribution < 1.29 is 8.78 Å². The van der Waals surface area contributed by atoms with Crippen LogP contribution in [0.15, 0.2) is 60.3 Å². The third-order valence-corrected chi connectivity index (χ3v) is 5.97. The Hall–Kier alpha value is -2.79. The van der Waals surface area contributed by atoms with E-state index >= 15 is 0 Å². The summed E-state index contributed by atoms with van der Waals surface area (Å²) < 4.78 is 28.5. The normalized spacial score (nSPS) is 21.0. The number of piperidine rings is 1. The summed E-state index contributed by atoms with van der Waals surface area (Å²) in [6.07, 6.45) is 6.93. The van der Waals surface area contributed by atoms with Crippen molar-refractivity contribution in [2.75, 3.05) is 13.1 Å². The van der Waals surface area contributed by atoms with E-state index in [0.717, 1.165) is 49.3 Å². The minimum absolute atomic E-state index is 0.0141. The quantitative estimate of drug-likeness (QED) is 0.737. The number of hydrogen-bond acceptors (Lipinski definition) is 2. The minimum Gasteiger partial charge on any atom is -0.316 e. The molecule has 2 heterocycles. The summed E-state index contributed by atoms with van der Waals surface area (Å²) in [5.74, 6) is -0.454. The topological polar surface area (TPSA) is 29.9 Å². The molecule has 0 bridgehead atoms. The highest BCUT2D eigenvalue weighted by Crippen LogP contribution is 2.44. The molecule has 0 spiro atoms. The molecule has 1 saturated heterocycles. The number of halogens is 2. The van der Waals surface area contributed by atoms with Crippen molar-refractivity contribution in [1.82, 2.24) is 15.1 Å². The summed E-state index contributed by atoms with van der Waals surface area (Å²) in [6, 6.07) is 13.3. The molecule has 5 rings (SSSR count). The van der Waals surface area contributed by atoms with E-state index in [1.165, 1.54) is 35.4 Å². The third-order valence-electron chi connectivity index (χ3n) is 5.97. The molecule has 28 heavy (non-hydrogen) atoms. The van der Waals surface area contributed by atoms with E-state index in [0.29, 0.717) is 0 Å². The van der Waals surface area contributed by atoms with Gasteiger partial charge < -0.3 is 5.32 Å². The second-order valence-corrected chi connectivity index (χ2v) is 7.80. The minimum atomic E-state index is -0.250. The Bertz CT molecular complexity index is 1030. The van der Waals surface area contributed by atoms with Crippen LogP contribution in [0.4, 0.5) is 8.78 Å². The van der Waals surface area contributed by atoms with Crippen molar-refractivity contribution in [3.63, 3.8) is 0 Å². The molecule has 3 aromatic rings. The number of hydrogen-bond donors (Lipinski definition) is 1. The molecule has 2 aliphatic rings. The molecular formula is C23H21F2N3. The van der Waals surface area contributed by atoms with E-state index in [-0.39, 0.29) is 17.0 Å². The number of fused-ring (bicyclic) bond motifs is 2. The van der Waals surface area contributed by atoms with Crippen molar-refractivity contribution in [1.29, 1.82) is 0 Å². The van der Waals surface area contributed by atoms with Crippen LogP contribution < -0.4 is 5.32 Å². The van der Waals surface area contributed by atoms with Gasteiger partial charge in [-0.05, 0) is 79.4 Å². The van der Waals surface area contributed by atoms with Gasteiger partial charge in [-0.2, -0.15) is 5.10 Å². The summed E-state index contributed by atoms with van der Waals surface area (Å²) in [6.45, 7) is 1.86. The largest absolute Gasteiger partial charge is 0.316 e. The maximum absolute atomic E-state index is 13.3. The van der Waals surface area contributed by atoms with Gasteiger partial charge in [0.15, 0.2) is 0 Å². The van der Waals surface area contributed by atoms with E-state index in [2.05, 4.69) is 16.5 Å². The smallest absolute Gasteiger partial charge is 0.123 e. The highest BCUT2D eigenvalue weighted by molar-refractivity contribution is 5.61. The van der Waals surface area contributed by atoms with Crippen molar-refractivity contribution in [3.05, 3.63) is 88.8 Å². The predicted octanol–water partition coefficient (Wildman–Crippen LogP) is 4.31. The zero-order chi connectivity index (χ0) is 19.1. The highest BCUT2D eigenvalue weighted by Gasteiger charge is 2.40. The maximum Gasteiger partial charge on any atom is 0.123 e. The highest BCUT2D eigenvalue weighted by atomic mass is 19.1. The maximum atomic E-state index is 13.3. The van der Waals surface area contributed by atoms with Crippen LogP contribution in [-0.4, -0.2) is 22.9 Å². The lowest BCUT2D eigenvalue weighted by Crippen LogP contribution is -2.46. The van der Waals surface area contributed by atoms with Gasteiger partial charge >= 0.3 is 0 Å². The van der Waals surface area contributed by atoms with Crippen molar-refractivity contribution in [2.24, 2.45) is 5.41 Å². The summed E-state index contributed by atoms with van der Waals surface area (Å²) in [4.78, 5) is 0. The molecule has 142 valence electrons. The standard InChI is InChI=1S/C23H21F2N3/c24-19-3-1-16(2-4-19)12-23-13-17-14-27-28(21-7-5-20(25)6-8-21)22(17)11-18(23)9-10-26-15-23/h1-8,11,14,26H,9-10,12-13,15H2. The second-order valence-electron chi connectivity index (χ2n) is 7.80. The van der Waals surface area contributed by atoms with Gasteiger partial charge in [-0.3, -0.25) is 0 Å². The number of benzene rings is 2. The van der Waals surface area contributed by atoms with Gasteiger partial charge in [-0.25, -0.2) is 13.5 Å². The monoisotopic (exact) mass is 377 g/mol. The Balaban J connectivity index is 1.54. The summed E-state index contributed by atoms with van der Waals surface area (Å²) in [5, 5.41) is 8.13. The van der Waals surface area contributed by atoms with Crippen LogP contribution in [-0.2, 0) is 12.8 Å². The Morgan fingerprint density at radius 1 is 1.00 bits per heavy atom. The van der Waals surface area contributed by atoms with Gasteiger partial charge in [-0.1, -0.05) is 17.7 Å². The molecule has 0 saturated carbocycles. The van der Waals surface area contributed by atoms with Crippen LogP contribution in [0.2, 0.25) is 0 Å². The summed E-state index contributed by atoms with van der Waals surface area (Å²) in [5.41, 5.74) is 5.67. The number of rotatable bonds is 3. The zero-order valence-electron chi connectivity index (χ0n) is 15.5. The Morgan fingerprint density at radius 3 is 2.46 bits per heavy atom. The summed E-state index contributed by atoms with van der Waals surface area (Å²) in [7, 11) is 0. The first-order valence-electron chi connectivity index (χ1n) is 9.62.